The van der Waals surface area contributed by atoms with Crippen LogP contribution in [0.15, 0.2) is 0 Å². The monoisotopic (exact) mass is 334 g/mol. The topological polar surface area (TPSA) is 17.1 Å². The van der Waals surface area contributed by atoms with Gasteiger partial charge in [0.2, 0.25) is 0 Å². The van der Waals surface area contributed by atoms with Gasteiger partial charge in [-0.25, -0.2) is 0 Å². The van der Waals surface area contributed by atoms with Gasteiger partial charge in [0.05, 0.1) is 0 Å². The molecule has 0 amide bonds. The summed E-state index contributed by atoms with van der Waals surface area (Å²) < 4.78 is 0. The molecule has 0 saturated heterocycles. The number of unbranched alkanes of at least 4 members (excludes halogenated alkanes) is 5. The Balaban J connectivity index is 1.39. The maximum absolute atomic E-state index is 10.8. The van der Waals surface area contributed by atoms with E-state index in [1.165, 1.54) is 89.8 Å². The van der Waals surface area contributed by atoms with E-state index in [1.54, 1.807) is 0 Å². The van der Waals surface area contributed by atoms with Gasteiger partial charge in [-0.2, -0.15) is 0 Å². The number of carbonyl (C=O) groups excluding carboxylic acids is 1. The molecule has 140 valence electrons. The Morgan fingerprint density at radius 2 is 1.17 bits per heavy atom. The van der Waals surface area contributed by atoms with Crippen molar-refractivity contribution in [3.63, 3.8) is 0 Å². The van der Waals surface area contributed by atoms with Crippen LogP contribution in [0.3, 0.4) is 0 Å². The van der Waals surface area contributed by atoms with Crippen molar-refractivity contribution < 1.29 is 4.79 Å². The molecule has 2 aliphatic carbocycles. The van der Waals surface area contributed by atoms with Crippen LogP contribution in [0.1, 0.15) is 110 Å². The Labute approximate surface area is 151 Å². The van der Waals surface area contributed by atoms with Crippen LogP contribution in [0.25, 0.3) is 0 Å². The smallest absolute Gasteiger partial charge is 0.123 e. The molecule has 2 aliphatic rings. The summed E-state index contributed by atoms with van der Waals surface area (Å²) >= 11 is 0. The molecule has 2 rings (SSSR count). The fourth-order valence-electron chi connectivity index (χ4n) is 5.54. The van der Waals surface area contributed by atoms with Gasteiger partial charge in [0.15, 0.2) is 0 Å². The molecule has 24 heavy (non-hydrogen) atoms. The molecule has 0 radical (unpaired) electrons. The highest BCUT2D eigenvalue weighted by Crippen LogP contribution is 2.35. The molecule has 2 fully saturated rings. The van der Waals surface area contributed by atoms with E-state index in [-0.39, 0.29) is 0 Å². The van der Waals surface area contributed by atoms with Gasteiger partial charge < -0.3 is 4.79 Å². The molecule has 0 aromatic rings. The predicted molar refractivity (Wildman–Crippen MR) is 104 cm³/mol. The molecule has 1 heteroatoms. The zero-order chi connectivity index (χ0) is 17.2. The first-order valence-electron chi connectivity index (χ1n) is 11.1. The van der Waals surface area contributed by atoms with Gasteiger partial charge in [-0.3, -0.25) is 0 Å². The van der Waals surface area contributed by atoms with Gasteiger partial charge in [-0.05, 0) is 68.6 Å². The fraction of sp³-hybridized carbons (Fsp3) is 0.957. The molecule has 2 saturated carbocycles. The zero-order valence-electron chi connectivity index (χ0n) is 16.5. The molecular weight excluding hydrogens is 292 g/mol. The molecule has 2 atom stereocenters. The largest absolute Gasteiger partial charge is 0.303 e. The summed E-state index contributed by atoms with van der Waals surface area (Å²) in [5, 5.41) is 0. The van der Waals surface area contributed by atoms with Crippen molar-refractivity contribution in [3.05, 3.63) is 0 Å². The summed E-state index contributed by atoms with van der Waals surface area (Å²) in [7, 11) is 0. The van der Waals surface area contributed by atoms with Crippen LogP contribution in [0, 0.1) is 29.6 Å². The lowest BCUT2D eigenvalue weighted by Gasteiger charge is -2.31. The van der Waals surface area contributed by atoms with Gasteiger partial charge in [0, 0.05) is 5.92 Å². The van der Waals surface area contributed by atoms with E-state index in [0.29, 0.717) is 5.92 Å². The lowest BCUT2D eigenvalue weighted by molar-refractivity contribution is -0.112. The van der Waals surface area contributed by atoms with Crippen molar-refractivity contribution in [2.75, 3.05) is 0 Å². The Morgan fingerprint density at radius 1 is 0.667 bits per heavy atom. The van der Waals surface area contributed by atoms with Crippen molar-refractivity contribution in [2.24, 2.45) is 29.6 Å². The van der Waals surface area contributed by atoms with Crippen LogP contribution in [0.2, 0.25) is 0 Å². The SMILES string of the molecule is CC1CC(C)CC(CCCCCCCCC2CCC(C=O)CC2)C1. The second-order valence-corrected chi connectivity index (χ2v) is 9.40. The summed E-state index contributed by atoms with van der Waals surface area (Å²) in [5.74, 6) is 4.29. The summed E-state index contributed by atoms with van der Waals surface area (Å²) in [5.41, 5.74) is 0. The number of aldehydes is 1. The van der Waals surface area contributed by atoms with Gasteiger partial charge in [0.1, 0.15) is 6.29 Å². The van der Waals surface area contributed by atoms with E-state index in [1.807, 2.05) is 0 Å². The number of hydrogen-bond donors (Lipinski definition) is 0. The van der Waals surface area contributed by atoms with E-state index >= 15 is 0 Å². The van der Waals surface area contributed by atoms with Crippen molar-refractivity contribution >= 4 is 6.29 Å². The molecular formula is C23H42O. The van der Waals surface area contributed by atoms with E-state index in [9.17, 15) is 4.79 Å². The summed E-state index contributed by atoms with van der Waals surface area (Å²) in [6, 6.07) is 0. The third-order valence-corrected chi connectivity index (χ3v) is 6.83. The minimum absolute atomic E-state index is 0.386. The zero-order valence-corrected chi connectivity index (χ0v) is 16.5. The molecule has 0 aliphatic heterocycles. The Hall–Kier alpha value is -0.330. The van der Waals surface area contributed by atoms with Crippen LogP contribution in [0.5, 0.6) is 0 Å². The molecule has 0 aromatic heterocycles. The predicted octanol–water partition coefficient (Wildman–Crippen LogP) is 7.18. The molecule has 0 N–H and O–H groups in total. The normalized spacial score (nSPS) is 34.2. The maximum Gasteiger partial charge on any atom is 0.123 e. The van der Waals surface area contributed by atoms with Gasteiger partial charge in [-0.1, -0.05) is 65.2 Å². The maximum atomic E-state index is 10.8. The van der Waals surface area contributed by atoms with Crippen LogP contribution in [-0.4, -0.2) is 6.29 Å². The second-order valence-electron chi connectivity index (χ2n) is 9.40. The Bertz CT molecular complexity index is 319. The first-order chi connectivity index (χ1) is 11.7. The number of rotatable bonds is 10. The average molecular weight is 335 g/mol. The quantitative estimate of drug-likeness (QED) is 0.305. The van der Waals surface area contributed by atoms with Crippen LogP contribution in [-0.2, 0) is 4.79 Å². The van der Waals surface area contributed by atoms with Gasteiger partial charge in [0.25, 0.3) is 0 Å². The Kier molecular flexibility index (Phi) is 9.43. The first kappa shape index (κ1) is 20.0. The second kappa shape index (κ2) is 11.3. The Morgan fingerprint density at radius 3 is 1.71 bits per heavy atom. The van der Waals surface area contributed by atoms with E-state index in [2.05, 4.69) is 13.8 Å². The number of hydrogen-bond acceptors (Lipinski definition) is 1. The summed E-state index contributed by atoms with van der Waals surface area (Å²) in [6.07, 6.45) is 22.2. The third kappa shape index (κ3) is 7.70. The first-order valence-corrected chi connectivity index (χ1v) is 11.1. The molecule has 0 bridgehead atoms. The van der Waals surface area contributed by atoms with Crippen LogP contribution in [0.4, 0.5) is 0 Å². The highest BCUT2D eigenvalue weighted by molar-refractivity contribution is 5.53. The van der Waals surface area contributed by atoms with Gasteiger partial charge in [-0.15, -0.1) is 0 Å². The van der Waals surface area contributed by atoms with Crippen molar-refractivity contribution in [2.45, 2.75) is 110 Å². The third-order valence-electron chi connectivity index (χ3n) is 6.83. The van der Waals surface area contributed by atoms with Crippen molar-refractivity contribution in [1.82, 2.24) is 0 Å². The minimum atomic E-state index is 0.386. The molecule has 0 aromatic carbocycles. The van der Waals surface area contributed by atoms with Crippen LogP contribution >= 0.6 is 0 Å². The standard InChI is InChI=1S/C23H42O/c1-19-15-20(2)17-23(16-19)10-8-6-4-3-5-7-9-21-11-13-22(18-24)14-12-21/h18-23H,3-17H2,1-2H3. The summed E-state index contributed by atoms with van der Waals surface area (Å²) in [4.78, 5) is 10.8. The summed E-state index contributed by atoms with van der Waals surface area (Å²) in [6.45, 7) is 4.90. The fourth-order valence-corrected chi connectivity index (χ4v) is 5.54. The van der Waals surface area contributed by atoms with E-state index in [0.717, 1.165) is 36.5 Å². The lowest BCUT2D eigenvalue weighted by Crippen LogP contribution is -2.19. The highest BCUT2D eigenvalue weighted by atomic mass is 16.1. The van der Waals surface area contributed by atoms with E-state index < -0.39 is 0 Å². The average Bonchev–Trinajstić information content (AvgIpc) is 2.57. The molecule has 2 unspecified atom stereocenters. The van der Waals surface area contributed by atoms with E-state index in [4.69, 9.17) is 0 Å². The minimum Gasteiger partial charge on any atom is -0.303 e. The molecule has 1 nitrogen and oxygen atoms in total. The van der Waals surface area contributed by atoms with Crippen molar-refractivity contribution in [1.29, 1.82) is 0 Å². The lowest BCUT2D eigenvalue weighted by atomic mass is 9.75. The molecule has 0 heterocycles. The molecule has 0 spiro atoms. The van der Waals surface area contributed by atoms with Crippen molar-refractivity contribution in [3.8, 4) is 0 Å². The van der Waals surface area contributed by atoms with Crippen LogP contribution < -0.4 is 0 Å². The highest BCUT2D eigenvalue weighted by Gasteiger charge is 2.23. The van der Waals surface area contributed by atoms with Gasteiger partial charge >= 0.3 is 0 Å². The number of carbonyl (C=O) groups is 1.